The summed E-state index contributed by atoms with van der Waals surface area (Å²) >= 11 is 6.09. The summed E-state index contributed by atoms with van der Waals surface area (Å²) in [5, 5.41) is 2.68. The number of benzene rings is 1. The van der Waals surface area contributed by atoms with Crippen molar-refractivity contribution in [2.75, 3.05) is 45.6 Å². The van der Waals surface area contributed by atoms with E-state index >= 15 is 0 Å². The second-order valence-electron chi connectivity index (χ2n) is 7.40. The van der Waals surface area contributed by atoms with E-state index in [-0.39, 0.29) is 24.4 Å². The summed E-state index contributed by atoms with van der Waals surface area (Å²) in [6.07, 6.45) is 0.933. The fourth-order valence-electron chi connectivity index (χ4n) is 3.70. The Kier molecular flexibility index (Phi) is 6.16. The molecule has 2 aliphatic heterocycles. The van der Waals surface area contributed by atoms with Crippen LogP contribution < -0.4 is 5.32 Å². The summed E-state index contributed by atoms with van der Waals surface area (Å²) < 4.78 is 27.0. The molecule has 154 valence electrons. The smallest absolute Gasteiger partial charge is 0.321 e. The average molecular weight is 429 g/mol. The molecule has 3 rings (SSSR count). The van der Waals surface area contributed by atoms with Crippen molar-refractivity contribution in [3.8, 4) is 0 Å². The Balaban J connectivity index is 1.65. The van der Waals surface area contributed by atoms with Crippen LogP contribution in [0.2, 0.25) is 5.02 Å². The molecule has 0 aromatic heterocycles. The van der Waals surface area contributed by atoms with E-state index in [0.717, 1.165) is 0 Å². The molecule has 1 aromatic carbocycles. The van der Waals surface area contributed by atoms with E-state index in [1.165, 1.54) is 9.21 Å². The van der Waals surface area contributed by atoms with E-state index in [4.69, 9.17) is 11.6 Å². The molecule has 10 heteroatoms. The molecule has 0 spiro atoms. The first kappa shape index (κ1) is 20.9. The van der Waals surface area contributed by atoms with E-state index in [2.05, 4.69) is 5.32 Å². The van der Waals surface area contributed by atoms with Crippen molar-refractivity contribution >= 4 is 39.2 Å². The van der Waals surface area contributed by atoms with Crippen molar-refractivity contribution < 1.29 is 18.0 Å². The van der Waals surface area contributed by atoms with Gasteiger partial charge in [-0.25, -0.2) is 13.2 Å². The van der Waals surface area contributed by atoms with Gasteiger partial charge in [-0.3, -0.25) is 4.79 Å². The third-order valence-corrected chi connectivity index (χ3v) is 8.09. The zero-order valence-electron chi connectivity index (χ0n) is 16.0. The monoisotopic (exact) mass is 428 g/mol. The minimum atomic E-state index is -3.55. The molecule has 1 N–H and O–H groups in total. The number of hydrogen-bond acceptors (Lipinski definition) is 4. The fraction of sp³-hybridized carbons (Fsp3) is 0.556. The molecular weight excluding hydrogens is 404 g/mol. The van der Waals surface area contributed by atoms with Gasteiger partial charge >= 0.3 is 6.03 Å². The van der Waals surface area contributed by atoms with Gasteiger partial charge in [0.05, 0.1) is 22.5 Å². The van der Waals surface area contributed by atoms with Crippen molar-refractivity contribution in [2.24, 2.45) is 5.92 Å². The molecular formula is C18H25ClN4O4S. The zero-order chi connectivity index (χ0) is 20.5. The Bertz CT molecular complexity index is 861. The molecule has 0 unspecified atom stereocenters. The van der Waals surface area contributed by atoms with Gasteiger partial charge in [0, 0.05) is 33.7 Å². The number of likely N-dealkylation sites (tertiary alicyclic amines) is 1. The summed E-state index contributed by atoms with van der Waals surface area (Å²) in [4.78, 5) is 27.6. The van der Waals surface area contributed by atoms with E-state index in [1.54, 1.807) is 43.3 Å². The Morgan fingerprint density at radius 1 is 1.21 bits per heavy atom. The molecule has 2 saturated heterocycles. The zero-order valence-corrected chi connectivity index (χ0v) is 17.5. The second-order valence-corrected chi connectivity index (χ2v) is 9.96. The van der Waals surface area contributed by atoms with Crippen molar-refractivity contribution in [3.63, 3.8) is 0 Å². The highest BCUT2D eigenvalue weighted by Gasteiger charge is 2.47. The first-order valence-corrected chi connectivity index (χ1v) is 11.1. The number of likely N-dealkylation sites (N-methyl/N-ethyl adjacent to an activating group) is 1. The Morgan fingerprint density at radius 3 is 2.57 bits per heavy atom. The maximum atomic E-state index is 12.9. The van der Waals surface area contributed by atoms with Gasteiger partial charge < -0.3 is 15.1 Å². The number of fused-ring (bicyclic) bond motifs is 1. The van der Waals surface area contributed by atoms with E-state index in [0.29, 0.717) is 43.2 Å². The van der Waals surface area contributed by atoms with Gasteiger partial charge in [0.15, 0.2) is 0 Å². The first-order chi connectivity index (χ1) is 13.2. The molecule has 8 nitrogen and oxygen atoms in total. The van der Waals surface area contributed by atoms with Crippen LogP contribution in [0.1, 0.15) is 12.8 Å². The number of anilines is 1. The van der Waals surface area contributed by atoms with Crippen molar-refractivity contribution in [1.82, 2.24) is 14.1 Å². The van der Waals surface area contributed by atoms with Crippen LogP contribution in [0.15, 0.2) is 24.3 Å². The van der Waals surface area contributed by atoms with E-state index in [9.17, 15) is 18.0 Å². The molecule has 2 atom stereocenters. The highest BCUT2D eigenvalue weighted by Crippen LogP contribution is 2.34. The van der Waals surface area contributed by atoms with Gasteiger partial charge in [-0.2, -0.15) is 4.31 Å². The summed E-state index contributed by atoms with van der Waals surface area (Å²) in [5.41, 5.74) is 0.527. The lowest BCUT2D eigenvalue weighted by molar-refractivity contribution is -0.128. The minimum Gasteiger partial charge on any atom is -0.348 e. The molecule has 0 bridgehead atoms. The number of carbonyl (C=O) groups is 2. The van der Waals surface area contributed by atoms with Crippen molar-refractivity contribution in [2.45, 2.75) is 18.1 Å². The number of nitrogens with one attached hydrogen (secondary N) is 1. The topological polar surface area (TPSA) is 90.0 Å². The predicted molar refractivity (Wildman–Crippen MR) is 108 cm³/mol. The Hall–Kier alpha value is -1.84. The fourth-order valence-corrected chi connectivity index (χ4v) is 6.07. The van der Waals surface area contributed by atoms with Crippen LogP contribution in [0.25, 0.3) is 0 Å². The molecule has 2 heterocycles. The molecule has 28 heavy (non-hydrogen) atoms. The normalized spacial score (nSPS) is 24.3. The van der Waals surface area contributed by atoms with E-state index < -0.39 is 15.3 Å². The predicted octanol–water partition coefficient (Wildman–Crippen LogP) is 1.69. The number of halogens is 1. The maximum Gasteiger partial charge on any atom is 0.321 e. The van der Waals surface area contributed by atoms with Crippen LogP contribution in [-0.4, -0.2) is 80.0 Å². The van der Waals surface area contributed by atoms with Crippen LogP contribution >= 0.6 is 11.6 Å². The van der Waals surface area contributed by atoms with Gasteiger partial charge in [-0.1, -0.05) is 23.7 Å². The second kappa shape index (κ2) is 8.26. The van der Waals surface area contributed by atoms with Crippen LogP contribution in [0.5, 0.6) is 0 Å². The van der Waals surface area contributed by atoms with Crippen molar-refractivity contribution in [1.29, 1.82) is 0 Å². The standard InChI is InChI=1S/C18H25ClN4O4S/c1-21(2)17(24)12-23-11-13-7-9-22(10-8-16(13)28(23,26)27)18(25)20-15-6-4-3-5-14(15)19/h3-6,13,16H,7-12H2,1-2H3,(H,20,25)/t13-,16+/m0/s1. The van der Waals surface area contributed by atoms with Crippen LogP contribution in [0, 0.1) is 5.92 Å². The lowest BCUT2D eigenvalue weighted by Crippen LogP contribution is -2.40. The third kappa shape index (κ3) is 4.26. The molecule has 2 aliphatic rings. The van der Waals surface area contributed by atoms with Gasteiger partial charge in [0.1, 0.15) is 0 Å². The summed E-state index contributed by atoms with van der Waals surface area (Å²) in [6, 6.07) is 6.69. The Morgan fingerprint density at radius 2 is 1.89 bits per heavy atom. The number of sulfonamides is 1. The van der Waals surface area contributed by atoms with Crippen molar-refractivity contribution in [3.05, 3.63) is 29.3 Å². The molecule has 2 fully saturated rings. The minimum absolute atomic E-state index is 0.0851. The molecule has 0 radical (unpaired) electrons. The largest absolute Gasteiger partial charge is 0.348 e. The molecule has 0 saturated carbocycles. The molecule has 0 aliphatic carbocycles. The number of nitrogens with zero attached hydrogens (tertiary/aromatic N) is 3. The molecule has 3 amide bonds. The number of urea groups is 1. The summed E-state index contributed by atoms with van der Waals surface area (Å²) in [7, 11) is -0.329. The van der Waals surface area contributed by atoms with E-state index in [1.807, 2.05) is 0 Å². The highest BCUT2D eigenvalue weighted by atomic mass is 35.5. The van der Waals surface area contributed by atoms with Crippen LogP contribution in [0.4, 0.5) is 10.5 Å². The molecule has 1 aromatic rings. The Labute approximate surface area is 170 Å². The number of hydrogen-bond donors (Lipinski definition) is 1. The first-order valence-electron chi connectivity index (χ1n) is 9.19. The van der Waals surface area contributed by atoms with Gasteiger partial charge in [-0.05, 0) is 30.9 Å². The summed E-state index contributed by atoms with van der Waals surface area (Å²) in [6.45, 7) is 1.00. The van der Waals surface area contributed by atoms with Crippen LogP contribution in [-0.2, 0) is 14.8 Å². The SMILES string of the molecule is CN(C)C(=O)CN1C[C@@H]2CCN(C(=O)Nc3ccccc3Cl)CC[C@H]2S1(=O)=O. The number of rotatable bonds is 3. The number of amides is 3. The average Bonchev–Trinajstić information content (AvgIpc) is 2.78. The lowest BCUT2D eigenvalue weighted by Gasteiger charge is -2.23. The number of carbonyl (C=O) groups excluding carboxylic acids is 2. The van der Waals surface area contributed by atoms with Gasteiger partial charge in [-0.15, -0.1) is 0 Å². The van der Waals surface area contributed by atoms with Gasteiger partial charge in [0.2, 0.25) is 15.9 Å². The lowest BCUT2D eigenvalue weighted by atomic mass is 10.0. The highest BCUT2D eigenvalue weighted by molar-refractivity contribution is 7.90. The summed E-state index contributed by atoms with van der Waals surface area (Å²) in [5.74, 6) is -0.321. The third-order valence-electron chi connectivity index (χ3n) is 5.37. The maximum absolute atomic E-state index is 12.9. The van der Waals surface area contributed by atoms with Gasteiger partial charge in [0.25, 0.3) is 0 Å². The number of para-hydroxylation sites is 1. The quantitative estimate of drug-likeness (QED) is 0.793. The van der Waals surface area contributed by atoms with Crippen LogP contribution in [0.3, 0.4) is 0 Å².